The van der Waals surface area contributed by atoms with E-state index in [-0.39, 0.29) is 22.4 Å². The molecule has 0 radical (unpaired) electrons. The molecular formula is C23H19F2N3O5S. The van der Waals surface area contributed by atoms with Gasteiger partial charge in [-0.2, -0.15) is 4.98 Å². The third-order valence-corrected chi connectivity index (χ3v) is 6.41. The van der Waals surface area contributed by atoms with Crippen molar-refractivity contribution in [2.75, 3.05) is 7.11 Å². The van der Waals surface area contributed by atoms with E-state index in [2.05, 4.69) is 24.4 Å². The van der Waals surface area contributed by atoms with Crippen molar-refractivity contribution >= 4 is 22.2 Å². The Bertz CT molecular complexity index is 1300. The second-order valence-corrected chi connectivity index (χ2v) is 8.88. The first-order chi connectivity index (χ1) is 16.3. The van der Waals surface area contributed by atoms with E-state index in [4.69, 9.17) is 9.47 Å². The van der Waals surface area contributed by atoms with Gasteiger partial charge in [-0.15, -0.1) is 8.78 Å². The monoisotopic (exact) mass is 487 g/mol. The van der Waals surface area contributed by atoms with Gasteiger partial charge in [0.05, 0.1) is 30.0 Å². The molecule has 0 aliphatic carbocycles. The van der Waals surface area contributed by atoms with Gasteiger partial charge in [0, 0.05) is 28.9 Å². The van der Waals surface area contributed by atoms with Crippen LogP contribution in [0.3, 0.4) is 0 Å². The van der Waals surface area contributed by atoms with Crippen molar-refractivity contribution in [2.45, 2.75) is 30.7 Å². The highest BCUT2D eigenvalue weighted by molar-refractivity contribution is 7.90. The number of imidazole rings is 1. The van der Waals surface area contributed by atoms with E-state index in [1.807, 2.05) is 37.3 Å². The molecule has 0 amide bonds. The standard InChI is InChI=1S/C23H19F2N3O5S/c1-13-17(26-10-20(30-2)21(13)31-11-14-6-4-3-5-7-14)12-34(29)22-27-15-8-18-19(9-16(15)28-22)33-23(24,25)32-18/h3-10H,11-12H2,1-2H3,(H,27,28). The number of hydrogen-bond acceptors (Lipinski definition) is 7. The lowest BCUT2D eigenvalue weighted by Gasteiger charge is -2.16. The minimum Gasteiger partial charge on any atom is -0.609 e. The fourth-order valence-corrected chi connectivity index (χ4v) is 4.64. The van der Waals surface area contributed by atoms with Crippen LogP contribution in [-0.2, 0) is 23.5 Å². The molecule has 34 heavy (non-hydrogen) atoms. The summed E-state index contributed by atoms with van der Waals surface area (Å²) in [7, 11) is 1.53. The molecule has 1 atom stereocenters. The van der Waals surface area contributed by atoms with Crippen molar-refractivity contribution in [3.05, 3.63) is 65.5 Å². The Morgan fingerprint density at radius 2 is 1.88 bits per heavy atom. The number of nitrogens with zero attached hydrogens (tertiary/aromatic N) is 2. The van der Waals surface area contributed by atoms with E-state index < -0.39 is 17.5 Å². The second-order valence-electron chi connectivity index (χ2n) is 7.52. The summed E-state index contributed by atoms with van der Waals surface area (Å²) in [6, 6.07) is 12.3. The highest BCUT2D eigenvalue weighted by Crippen LogP contribution is 2.43. The largest absolute Gasteiger partial charge is 0.609 e. The molecule has 0 saturated carbocycles. The lowest BCUT2D eigenvalue weighted by Crippen LogP contribution is -2.25. The van der Waals surface area contributed by atoms with Gasteiger partial charge in [-0.3, -0.25) is 9.97 Å². The molecule has 1 unspecified atom stereocenters. The minimum absolute atomic E-state index is 0.0577. The van der Waals surface area contributed by atoms with Gasteiger partial charge in [-0.1, -0.05) is 30.3 Å². The summed E-state index contributed by atoms with van der Waals surface area (Å²) in [4.78, 5) is 11.6. The summed E-state index contributed by atoms with van der Waals surface area (Å²) in [5.74, 6) is 0.797. The van der Waals surface area contributed by atoms with Gasteiger partial charge in [0.1, 0.15) is 6.61 Å². The number of ether oxygens (including phenoxy) is 4. The number of fused-ring (bicyclic) bond motifs is 2. The molecule has 1 aliphatic heterocycles. The average Bonchev–Trinajstić information content (AvgIpc) is 3.36. The predicted octanol–water partition coefficient (Wildman–Crippen LogP) is 4.48. The fraction of sp³-hybridized carbons (Fsp3) is 0.217. The Hall–Kier alpha value is -3.57. The first kappa shape index (κ1) is 22.2. The molecule has 11 heteroatoms. The number of pyridine rings is 1. The molecule has 3 heterocycles. The summed E-state index contributed by atoms with van der Waals surface area (Å²) < 4.78 is 59.9. The maximum atomic E-state index is 13.3. The zero-order valence-corrected chi connectivity index (χ0v) is 18.9. The van der Waals surface area contributed by atoms with E-state index in [1.165, 1.54) is 25.4 Å². The molecule has 8 nitrogen and oxygen atoms in total. The number of nitrogens with one attached hydrogen (secondary N) is 1. The molecule has 0 spiro atoms. The third-order valence-electron chi connectivity index (χ3n) is 5.25. The van der Waals surface area contributed by atoms with Crippen LogP contribution < -0.4 is 18.9 Å². The number of aromatic amines is 1. The van der Waals surface area contributed by atoms with E-state index >= 15 is 0 Å². The van der Waals surface area contributed by atoms with Crippen molar-refractivity contribution in [1.29, 1.82) is 0 Å². The van der Waals surface area contributed by atoms with Crippen molar-refractivity contribution in [1.82, 2.24) is 15.0 Å². The van der Waals surface area contributed by atoms with Gasteiger partial charge >= 0.3 is 11.5 Å². The summed E-state index contributed by atoms with van der Waals surface area (Å²) in [5, 5.41) is 0.175. The van der Waals surface area contributed by atoms with Crippen LogP contribution in [0.4, 0.5) is 8.78 Å². The number of H-pyrrole nitrogens is 1. The molecule has 0 saturated heterocycles. The lowest BCUT2D eigenvalue weighted by atomic mass is 10.2. The lowest BCUT2D eigenvalue weighted by molar-refractivity contribution is -0.286. The summed E-state index contributed by atoms with van der Waals surface area (Å²) in [6.45, 7) is 2.16. The number of methoxy groups -OCH3 is 1. The van der Waals surface area contributed by atoms with Gasteiger partial charge in [0.15, 0.2) is 28.8 Å². The SMILES string of the molecule is COc1cnc(C[S+]([O-])c2nc3cc4c(cc3[nH]2)OC(F)(F)O4)c(C)c1OCc1ccccc1. The Kier molecular flexibility index (Phi) is 5.66. The number of rotatable bonds is 7. The van der Waals surface area contributed by atoms with Crippen molar-refractivity contribution in [3.63, 3.8) is 0 Å². The molecule has 5 rings (SSSR count). The number of hydrogen-bond donors (Lipinski definition) is 1. The van der Waals surface area contributed by atoms with Crippen LogP contribution >= 0.6 is 0 Å². The molecule has 0 fully saturated rings. The van der Waals surface area contributed by atoms with Crippen LogP contribution in [0, 0.1) is 6.92 Å². The van der Waals surface area contributed by atoms with E-state index in [9.17, 15) is 13.3 Å². The highest BCUT2D eigenvalue weighted by atomic mass is 32.2. The fourth-order valence-electron chi connectivity index (χ4n) is 3.54. The maximum absolute atomic E-state index is 13.3. The highest BCUT2D eigenvalue weighted by Gasteiger charge is 2.43. The topological polar surface area (TPSA) is 102 Å². The molecule has 176 valence electrons. The minimum atomic E-state index is -3.72. The molecule has 0 bridgehead atoms. The molecule has 1 aliphatic rings. The normalized spacial score (nSPS) is 14.9. The summed E-state index contributed by atoms with van der Waals surface area (Å²) in [6.07, 6.45) is -2.19. The van der Waals surface area contributed by atoms with Crippen molar-refractivity contribution < 1.29 is 32.3 Å². The van der Waals surface area contributed by atoms with Gasteiger partial charge < -0.3 is 23.5 Å². The van der Waals surface area contributed by atoms with Gasteiger partial charge in [0.2, 0.25) is 0 Å². The summed E-state index contributed by atoms with van der Waals surface area (Å²) in [5.41, 5.74) is 2.97. The molecule has 4 aromatic rings. The number of benzene rings is 2. The van der Waals surface area contributed by atoms with Crippen molar-refractivity contribution in [2.24, 2.45) is 0 Å². The third kappa shape index (κ3) is 4.31. The number of alkyl halides is 2. The van der Waals surface area contributed by atoms with Crippen LogP contribution in [0.15, 0.2) is 53.8 Å². The first-order valence-electron chi connectivity index (χ1n) is 10.2. The van der Waals surface area contributed by atoms with E-state index in [0.717, 1.165) is 5.56 Å². The predicted molar refractivity (Wildman–Crippen MR) is 119 cm³/mol. The average molecular weight is 487 g/mol. The van der Waals surface area contributed by atoms with Crippen LogP contribution in [0.5, 0.6) is 23.0 Å². The second kappa shape index (κ2) is 8.65. The van der Waals surface area contributed by atoms with Gasteiger partial charge in [-0.25, -0.2) is 0 Å². The Morgan fingerprint density at radius 1 is 1.15 bits per heavy atom. The zero-order chi connectivity index (χ0) is 23.9. The zero-order valence-electron chi connectivity index (χ0n) is 18.1. The molecular weight excluding hydrogens is 468 g/mol. The molecule has 2 aromatic heterocycles. The van der Waals surface area contributed by atoms with Crippen LogP contribution in [-0.4, -0.2) is 32.9 Å². The van der Waals surface area contributed by atoms with Gasteiger partial charge in [0.25, 0.3) is 0 Å². The Labute approximate surface area is 196 Å². The first-order valence-corrected chi connectivity index (χ1v) is 11.5. The number of halogens is 2. The molecule has 2 aromatic carbocycles. The van der Waals surface area contributed by atoms with Crippen LogP contribution in [0.25, 0.3) is 11.0 Å². The summed E-state index contributed by atoms with van der Waals surface area (Å²) >= 11 is -1.60. The van der Waals surface area contributed by atoms with E-state index in [0.29, 0.717) is 40.4 Å². The molecule has 1 N–H and O–H groups in total. The Balaban J connectivity index is 1.37. The quantitative estimate of drug-likeness (QED) is 0.384. The smallest absolute Gasteiger partial charge is 0.586 e. The number of aromatic nitrogens is 3. The van der Waals surface area contributed by atoms with E-state index in [1.54, 1.807) is 0 Å². The Morgan fingerprint density at radius 3 is 2.62 bits per heavy atom. The van der Waals surface area contributed by atoms with Crippen molar-refractivity contribution in [3.8, 4) is 23.0 Å². The van der Waals surface area contributed by atoms with Crippen LogP contribution in [0.2, 0.25) is 0 Å². The van der Waals surface area contributed by atoms with Gasteiger partial charge in [-0.05, 0) is 12.5 Å². The maximum Gasteiger partial charge on any atom is 0.586 e. The van der Waals surface area contributed by atoms with Crippen LogP contribution in [0.1, 0.15) is 16.8 Å².